The van der Waals surface area contributed by atoms with Crippen LogP contribution in [0.25, 0.3) is 44.1 Å². The van der Waals surface area contributed by atoms with Crippen molar-refractivity contribution < 1.29 is 0 Å². The molecule has 0 atom stereocenters. The van der Waals surface area contributed by atoms with E-state index in [0.717, 1.165) is 4.47 Å². The summed E-state index contributed by atoms with van der Waals surface area (Å²) in [5, 5.41) is 3.82. The molecule has 0 unspecified atom stereocenters. The number of benzene rings is 4. The van der Waals surface area contributed by atoms with E-state index in [-0.39, 0.29) is 0 Å². The predicted molar refractivity (Wildman–Crippen MR) is 114 cm³/mol. The van der Waals surface area contributed by atoms with E-state index in [1.54, 1.807) is 0 Å². The zero-order valence-corrected chi connectivity index (χ0v) is 15.6. The van der Waals surface area contributed by atoms with Crippen molar-refractivity contribution in [2.45, 2.75) is 0 Å². The van der Waals surface area contributed by atoms with Crippen LogP contribution in [0.15, 0.2) is 95.5 Å². The molecule has 0 aliphatic carbocycles. The van der Waals surface area contributed by atoms with Gasteiger partial charge in [0.05, 0.1) is 5.69 Å². The van der Waals surface area contributed by atoms with Crippen molar-refractivity contribution in [3.63, 3.8) is 0 Å². The van der Waals surface area contributed by atoms with E-state index in [9.17, 15) is 0 Å². The first-order chi connectivity index (χ1) is 12.8. The van der Waals surface area contributed by atoms with Crippen LogP contribution in [0, 0.1) is 0 Å². The van der Waals surface area contributed by atoms with Crippen LogP contribution in [-0.2, 0) is 0 Å². The van der Waals surface area contributed by atoms with Gasteiger partial charge in [-0.1, -0.05) is 88.7 Å². The molecule has 0 aliphatic heterocycles. The summed E-state index contributed by atoms with van der Waals surface area (Å²) in [6.45, 7) is 0. The number of hydrogen-bond donors (Lipinski definition) is 1. The average Bonchev–Trinajstić information content (AvgIpc) is 3.09. The molecule has 0 fully saturated rings. The van der Waals surface area contributed by atoms with Gasteiger partial charge in [-0.25, -0.2) is 0 Å². The molecular formula is C24H16BrN. The number of aromatic nitrogens is 1. The lowest BCUT2D eigenvalue weighted by atomic mass is 9.95. The van der Waals surface area contributed by atoms with Gasteiger partial charge in [0.2, 0.25) is 0 Å². The first-order valence-corrected chi connectivity index (χ1v) is 9.45. The number of hydrogen-bond acceptors (Lipinski definition) is 0. The van der Waals surface area contributed by atoms with Crippen LogP contribution in [0.4, 0.5) is 0 Å². The van der Waals surface area contributed by atoms with Gasteiger partial charge >= 0.3 is 0 Å². The third-order valence-corrected chi connectivity index (χ3v) is 5.41. The first kappa shape index (κ1) is 15.4. The average molecular weight is 398 g/mol. The molecule has 26 heavy (non-hydrogen) atoms. The van der Waals surface area contributed by atoms with E-state index >= 15 is 0 Å². The van der Waals surface area contributed by atoms with Crippen molar-refractivity contribution in [1.29, 1.82) is 0 Å². The highest BCUT2D eigenvalue weighted by Crippen LogP contribution is 2.41. The topological polar surface area (TPSA) is 15.8 Å². The van der Waals surface area contributed by atoms with Crippen molar-refractivity contribution in [2.75, 3.05) is 0 Å². The lowest BCUT2D eigenvalue weighted by molar-refractivity contribution is 1.45. The summed E-state index contributed by atoms with van der Waals surface area (Å²) in [5.41, 5.74) is 6.01. The summed E-state index contributed by atoms with van der Waals surface area (Å²) < 4.78 is 1.09. The Morgan fingerprint density at radius 1 is 0.615 bits per heavy atom. The van der Waals surface area contributed by atoms with Gasteiger partial charge in [0.1, 0.15) is 0 Å². The summed E-state index contributed by atoms with van der Waals surface area (Å²) >= 11 is 3.55. The minimum Gasteiger partial charge on any atom is -0.354 e. The van der Waals surface area contributed by atoms with Gasteiger partial charge in [-0.3, -0.25) is 0 Å². The Labute approximate surface area is 160 Å². The highest BCUT2D eigenvalue weighted by molar-refractivity contribution is 9.10. The Morgan fingerprint density at radius 2 is 1.35 bits per heavy atom. The molecule has 1 aromatic heterocycles. The number of H-pyrrole nitrogens is 1. The van der Waals surface area contributed by atoms with E-state index in [0.29, 0.717) is 0 Å². The Hall–Kier alpha value is -2.84. The SMILES string of the molecule is Brc1ccc(-c2c(-c3ccccc3)[nH]c3ccc4ccccc4c23)cc1. The van der Waals surface area contributed by atoms with E-state index in [1.807, 2.05) is 0 Å². The standard InChI is InChI=1S/C24H16BrN/c25-19-13-10-17(11-14-19)22-23-20-9-5-4-6-16(20)12-15-21(23)26-24(22)18-7-2-1-3-8-18/h1-15,26H. The van der Waals surface area contributed by atoms with Crippen LogP contribution in [-0.4, -0.2) is 4.98 Å². The molecule has 5 rings (SSSR count). The molecule has 1 N–H and O–H groups in total. The molecule has 0 bridgehead atoms. The molecule has 0 amide bonds. The van der Waals surface area contributed by atoms with Gasteiger partial charge in [0.15, 0.2) is 0 Å². The Morgan fingerprint density at radius 3 is 2.15 bits per heavy atom. The summed E-state index contributed by atoms with van der Waals surface area (Å²) in [4.78, 5) is 3.67. The molecule has 4 aromatic carbocycles. The maximum absolute atomic E-state index is 3.67. The van der Waals surface area contributed by atoms with Crippen LogP contribution in [0.2, 0.25) is 0 Å². The minimum absolute atomic E-state index is 1.09. The van der Waals surface area contributed by atoms with Crippen LogP contribution >= 0.6 is 15.9 Å². The molecule has 0 saturated carbocycles. The van der Waals surface area contributed by atoms with Gasteiger partial charge < -0.3 is 4.98 Å². The second kappa shape index (κ2) is 6.15. The molecule has 0 spiro atoms. The Bertz CT molecular complexity index is 1220. The Balaban J connectivity index is 1.94. The van der Waals surface area contributed by atoms with Gasteiger partial charge in [-0.2, -0.15) is 0 Å². The number of nitrogens with one attached hydrogen (secondary N) is 1. The number of rotatable bonds is 2. The van der Waals surface area contributed by atoms with Crippen molar-refractivity contribution in [3.05, 3.63) is 95.5 Å². The Kier molecular flexibility index (Phi) is 3.65. The number of aromatic amines is 1. The molecular weight excluding hydrogens is 382 g/mol. The van der Waals surface area contributed by atoms with Crippen molar-refractivity contribution in [1.82, 2.24) is 4.98 Å². The zero-order chi connectivity index (χ0) is 17.5. The lowest BCUT2D eigenvalue weighted by Crippen LogP contribution is -1.83. The van der Waals surface area contributed by atoms with E-state index in [2.05, 4.69) is 112 Å². The molecule has 0 aliphatic rings. The molecule has 0 saturated heterocycles. The third-order valence-electron chi connectivity index (χ3n) is 4.88. The van der Waals surface area contributed by atoms with Gasteiger partial charge in [0, 0.05) is 20.9 Å². The molecule has 1 nitrogen and oxygen atoms in total. The maximum atomic E-state index is 3.67. The fourth-order valence-corrected chi connectivity index (χ4v) is 3.96. The largest absolute Gasteiger partial charge is 0.354 e. The number of halogens is 1. The van der Waals surface area contributed by atoms with Crippen LogP contribution in [0.1, 0.15) is 0 Å². The van der Waals surface area contributed by atoms with Crippen molar-refractivity contribution in [3.8, 4) is 22.4 Å². The third kappa shape index (κ3) is 2.46. The second-order valence-corrected chi connectivity index (χ2v) is 7.37. The van der Waals surface area contributed by atoms with Crippen molar-refractivity contribution >= 4 is 37.6 Å². The van der Waals surface area contributed by atoms with Crippen LogP contribution < -0.4 is 0 Å². The molecule has 2 heteroatoms. The molecule has 1 heterocycles. The molecule has 5 aromatic rings. The van der Waals surface area contributed by atoms with Gasteiger partial charge in [-0.05, 0) is 40.1 Å². The fraction of sp³-hybridized carbons (Fsp3) is 0. The first-order valence-electron chi connectivity index (χ1n) is 8.66. The lowest BCUT2D eigenvalue weighted by Gasteiger charge is -2.08. The van der Waals surface area contributed by atoms with E-state index < -0.39 is 0 Å². The summed E-state index contributed by atoms with van der Waals surface area (Å²) in [5.74, 6) is 0. The predicted octanol–water partition coefficient (Wildman–Crippen LogP) is 7.42. The monoisotopic (exact) mass is 397 g/mol. The van der Waals surface area contributed by atoms with E-state index in [1.165, 1.54) is 44.1 Å². The second-order valence-electron chi connectivity index (χ2n) is 6.46. The summed E-state index contributed by atoms with van der Waals surface area (Å²) in [6, 6.07) is 32.1. The van der Waals surface area contributed by atoms with E-state index in [4.69, 9.17) is 0 Å². The summed E-state index contributed by atoms with van der Waals surface area (Å²) in [6.07, 6.45) is 0. The van der Waals surface area contributed by atoms with Crippen molar-refractivity contribution in [2.24, 2.45) is 0 Å². The molecule has 124 valence electrons. The van der Waals surface area contributed by atoms with Gasteiger partial charge in [-0.15, -0.1) is 0 Å². The van der Waals surface area contributed by atoms with Crippen LogP contribution in [0.3, 0.4) is 0 Å². The maximum Gasteiger partial charge on any atom is 0.0544 e. The highest BCUT2D eigenvalue weighted by atomic mass is 79.9. The zero-order valence-electron chi connectivity index (χ0n) is 14.0. The highest BCUT2D eigenvalue weighted by Gasteiger charge is 2.17. The van der Waals surface area contributed by atoms with Gasteiger partial charge in [0.25, 0.3) is 0 Å². The number of fused-ring (bicyclic) bond motifs is 3. The smallest absolute Gasteiger partial charge is 0.0544 e. The minimum atomic E-state index is 1.09. The van der Waals surface area contributed by atoms with Crippen LogP contribution in [0.5, 0.6) is 0 Å². The fourth-order valence-electron chi connectivity index (χ4n) is 3.69. The molecule has 0 radical (unpaired) electrons. The summed E-state index contributed by atoms with van der Waals surface area (Å²) in [7, 11) is 0. The quantitative estimate of drug-likeness (QED) is 0.319. The normalized spacial score (nSPS) is 11.3.